The van der Waals surface area contributed by atoms with Gasteiger partial charge in [-0.2, -0.15) is 0 Å². The van der Waals surface area contributed by atoms with E-state index in [1.807, 2.05) is 19.1 Å². The normalized spacial score (nSPS) is 11.8. The van der Waals surface area contributed by atoms with E-state index >= 15 is 0 Å². The minimum atomic E-state index is -0.526. The Morgan fingerprint density at radius 2 is 1.95 bits per heavy atom. The molecule has 0 unspecified atom stereocenters. The molecule has 1 N–H and O–H groups in total. The number of aryl methyl sites for hydroxylation is 1. The molecule has 0 aliphatic carbocycles. The van der Waals surface area contributed by atoms with Crippen LogP contribution in [-0.2, 0) is 16.6 Å². The molecule has 22 heavy (non-hydrogen) atoms. The van der Waals surface area contributed by atoms with Gasteiger partial charge in [-0.15, -0.1) is 0 Å². The molecule has 116 valence electrons. The van der Waals surface area contributed by atoms with Gasteiger partial charge in [0, 0.05) is 18.3 Å². The van der Waals surface area contributed by atoms with E-state index in [2.05, 4.69) is 5.32 Å². The Balaban J connectivity index is 1.84. The average molecular weight is 321 g/mol. The van der Waals surface area contributed by atoms with Crippen LogP contribution in [0.25, 0.3) is 0 Å². The summed E-state index contributed by atoms with van der Waals surface area (Å²) in [7, 11) is 1.74. The number of rotatable bonds is 5. The molecule has 2 aromatic rings. The second-order valence-electron chi connectivity index (χ2n) is 4.92. The molecule has 0 bridgehead atoms. The SMILES string of the molecule is C[C@@H](NC(=O)COC(=O)c1cccn1C)c1ccc(Cl)cc1. The lowest BCUT2D eigenvalue weighted by molar-refractivity contribution is -0.124. The number of hydrogen-bond acceptors (Lipinski definition) is 3. The van der Waals surface area contributed by atoms with E-state index in [9.17, 15) is 9.59 Å². The number of amides is 1. The van der Waals surface area contributed by atoms with Crippen molar-refractivity contribution in [2.45, 2.75) is 13.0 Å². The summed E-state index contributed by atoms with van der Waals surface area (Å²) in [6, 6.07) is 10.4. The zero-order valence-corrected chi connectivity index (χ0v) is 13.1. The van der Waals surface area contributed by atoms with Crippen molar-refractivity contribution in [1.29, 1.82) is 0 Å². The van der Waals surface area contributed by atoms with E-state index in [0.717, 1.165) is 5.56 Å². The van der Waals surface area contributed by atoms with Crippen LogP contribution in [0.2, 0.25) is 5.02 Å². The molecule has 1 atom stereocenters. The average Bonchev–Trinajstić information content (AvgIpc) is 2.91. The third kappa shape index (κ3) is 4.11. The number of benzene rings is 1. The van der Waals surface area contributed by atoms with Crippen molar-refractivity contribution in [1.82, 2.24) is 9.88 Å². The van der Waals surface area contributed by atoms with Gasteiger partial charge in [-0.25, -0.2) is 4.79 Å². The van der Waals surface area contributed by atoms with Gasteiger partial charge < -0.3 is 14.6 Å². The van der Waals surface area contributed by atoms with Crippen LogP contribution in [0.15, 0.2) is 42.6 Å². The Hall–Kier alpha value is -2.27. The van der Waals surface area contributed by atoms with Crippen LogP contribution >= 0.6 is 11.6 Å². The number of esters is 1. The van der Waals surface area contributed by atoms with Crippen molar-refractivity contribution >= 4 is 23.5 Å². The molecule has 0 spiro atoms. The molecule has 1 amide bonds. The number of carbonyl (C=O) groups is 2. The van der Waals surface area contributed by atoms with E-state index in [1.54, 1.807) is 42.1 Å². The number of ether oxygens (including phenoxy) is 1. The molecule has 2 rings (SSSR count). The van der Waals surface area contributed by atoms with Crippen LogP contribution in [0.1, 0.15) is 29.0 Å². The Kier molecular flexibility index (Phi) is 5.22. The highest BCUT2D eigenvalue weighted by atomic mass is 35.5. The summed E-state index contributed by atoms with van der Waals surface area (Å²) in [5.74, 6) is -0.883. The van der Waals surface area contributed by atoms with Crippen LogP contribution in [0, 0.1) is 0 Å². The summed E-state index contributed by atoms with van der Waals surface area (Å²) in [5.41, 5.74) is 1.32. The summed E-state index contributed by atoms with van der Waals surface area (Å²) >= 11 is 5.82. The van der Waals surface area contributed by atoms with Gasteiger partial charge in [0.25, 0.3) is 5.91 Å². The highest BCUT2D eigenvalue weighted by Gasteiger charge is 2.14. The third-order valence-corrected chi connectivity index (χ3v) is 3.49. The summed E-state index contributed by atoms with van der Waals surface area (Å²) in [6.07, 6.45) is 1.74. The molecular formula is C16H17ClN2O3. The summed E-state index contributed by atoms with van der Waals surface area (Å²) in [5, 5.41) is 3.40. The smallest absolute Gasteiger partial charge is 0.355 e. The maximum atomic E-state index is 11.8. The predicted molar refractivity (Wildman–Crippen MR) is 83.7 cm³/mol. The zero-order valence-electron chi connectivity index (χ0n) is 12.4. The van der Waals surface area contributed by atoms with Crippen LogP contribution in [0.5, 0.6) is 0 Å². The number of halogens is 1. The van der Waals surface area contributed by atoms with Gasteiger partial charge in [-0.3, -0.25) is 4.79 Å². The fraction of sp³-hybridized carbons (Fsp3) is 0.250. The Labute approximate surface area is 133 Å². The van der Waals surface area contributed by atoms with Gasteiger partial charge in [0.05, 0.1) is 6.04 Å². The van der Waals surface area contributed by atoms with Crippen molar-refractivity contribution < 1.29 is 14.3 Å². The summed E-state index contributed by atoms with van der Waals surface area (Å²) in [6.45, 7) is 1.53. The van der Waals surface area contributed by atoms with E-state index < -0.39 is 5.97 Å². The molecule has 6 heteroatoms. The van der Waals surface area contributed by atoms with Crippen LogP contribution in [-0.4, -0.2) is 23.1 Å². The van der Waals surface area contributed by atoms with Gasteiger partial charge in [0.1, 0.15) is 5.69 Å². The molecule has 0 saturated heterocycles. The number of carbonyl (C=O) groups excluding carboxylic acids is 2. The second kappa shape index (κ2) is 7.13. The molecule has 0 aliphatic rings. The first-order valence-electron chi connectivity index (χ1n) is 6.80. The lowest BCUT2D eigenvalue weighted by Gasteiger charge is -2.14. The minimum Gasteiger partial charge on any atom is -0.451 e. The van der Waals surface area contributed by atoms with E-state index in [1.165, 1.54) is 0 Å². The first kappa shape index (κ1) is 16.1. The number of hydrogen-bond donors (Lipinski definition) is 1. The topological polar surface area (TPSA) is 60.3 Å². The quantitative estimate of drug-likeness (QED) is 0.862. The Morgan fingerprint density at radius 3 is 2.55 bits per heavy atom. The zero-order chi connectivity index (χ0) is 16.1. The molecule has 1 aromatic carbocycles. The van der Waals surface area contributed by atoms with E-state index in [-0.39, 0.29) is 18.6 Å². The first-order valence-corrected chi connectivity index (χ1v) is 7.18. The molecular weight excluding hydrogens is 304 g/mol. The van der Waals surface area contributed by atoms with Crippen molar-refractivity contribution in [3.63, 3.8) is 0 Å². The lowest BCUT2D eigenvalue weighted by Crippen LogP contribution is -2.31. The predicted octanol–water partition coefficient (Wildman–Crippen LogP) is 2.71. The summed E-state index contributed by atoms with van der Waals surface area (Å²) < 4.78 is 6.63. The van der Waals surface area contributed by atoms with Gasteiger partial charge in [-0.05, 0) is 36.8 Å². The van der Waals surface area contributed by atoms with E-state index in [4.69, 9.17) is 16.3 Å². The Morgan fingerprint density at radius 1 is 1.27 bits per heavy atom. The molecule has 0 fully saturated rings. The monoisotopic (exact) mass is 320 g/mol. The second-order valence-corrected chi connectivity index (χ2v) is 5.36. The minimum absolute atomic E-state index is 0.196. The summed E-state index contributed by atoms with van der Waals surface area (Å²) in [4.78, 5) is 23.6. The van der Waals surface area contributed by atoms with Crippen LogP contribution in [0.3, 0.4) is 0 Å². The number of nitrogens with zero attached hydrogens (tertiary/aromatic N) is 1. The standard InChI is InChI=1S/C16H17ClN2O3/c1-11(12-5-7-13(17)8-6-12)18-15(20)10-22-16(21)14-4-3-9-19(14)2/h3-9,11H,10H2,1-2H3,(H,18,20)/t11-/m1/s1. The van der Waals surface area contributed by atoms with Crippen LogP contribution in [0.4, 0.5) is 0 Å². The number of aromatic nitrogens is 1. The lowest BCUT2D eigenvalue weighted by atomic mass is 10.1. The van der Waals surface area contributed by atoms with Crippen molar-refractivity contribution in [2.24, 2.45) is 7.05 Å². The molecule has 5 nitrogen and oxygen atoms in total. The fourth-order valence-corrected chi connectivity index (χ4v) is 2.12. The number of nitrogens with one attached hydrogen (secondary N) is 1. The molecule has 1 heterocycles. The third-order valence-electron chi connectivity index (χ3n) is 3.23. The van der Waals surface area contributed by atoms with Crippen molar-refractivity contribution in [2.75, 3.05) is 6.61 Å². The highest BCUT2D eigenvalue weighted by Crippen LogP contribution is 2.15. The van der Waals surface area contributed by atoms with E-state index in [0.29, 0.717) is 10.7 Å². The first-order chi connectivity index (χ1) is 10.5. The Bertz CT molecular complexity index is 664. The largest absolute Gasteiger partial charge is 0.451 e. The van der Waals surface area contributed by atoms with Gasteiger partial charge >= 0.3 is 5.97 Å². The molecule has 0 radical (unpaired) electrons. The van der Waals surface area contributed by atoms with Gasteiger partial charge in [0.15, 0.2) is 6.61 Å². The van der Waals surface area contributed by atoms with Crippen LogP contribution < -0.4 is 5.32 Å². The highest BCUT2D eigenvalue weighted by molar-refractivity contribution is 6.30. The maximum Gasteiger partial charge on any atom is 0.355 e. The van der Waals surface area contributed by atoms with Crippen molar-refractivity contribution in [3.8, 4) is 0 Å². The molecule has 0 saturated carbocycles. The molecule has 0 aliphatic heterocycles. The van der Waals surface area contributed by atoms with Crippen molar-refractivity contribution in [3.05, 3.63) is 58.9 Å². The molecule has 1 aromatic heterocycles. The maximum absolute atomic E-state index is 11.8. The fourth-order valence-electron chi connectivity index (χ4n) is 2.00. The van der Waals surface area contributed by atoms with Gasteiger partial charge in [-0.1, -0.05) is 23.7 Å². The van der Waals surface area contributed by atoms with Gasteiger partial charge in [0.2, 0.25) is 0 Å².